The Hall–Kier alpha value is 0.506. The molecule has 1 heterocycles. The van der Waals surface area contributed by atoms with E-state index in [2.05, 4.69) is 0 Å². The summed E-state index contributed by atoms with van der Waals surface area (Å²) in [6.45, 7) is 0. The van der Waals surface area contributed by atoms with E-state index in [0.717, 1.165) is 11.0 Å². The molecule has 0 aliphatic carbocycles. The molecule has 0 unspecified atom stereocenters. The number of carbonyl (C=O) groups is 2. The molecule has 0 amide bonds. The molecule has 0 atom stereocenters. The average Bonchev–Trinajstić information content (AvgIpc) is 2.47. The summed E-state index contributed by atoms with van der Waals surface area (Å²) in [4.78, 5) is 21.3. The second kappa shape index (κ2) is 6.89. The number of carboxylic acids is 1. The van der Waals surface area contributed by atoms with Gasteiger partial charge in [0.1, 0.15) is 5.97 Å². The molecule has 0 saturated heterocycles. The van der Waals surface area contributed by atoms with Gasteiger partial charge in [0, 0.05) is 4.88 Å². The van der Waals surface area contributed by atoms with Crippen molar-refractivity contribution in [2.45, 2.75) is 0 Å². The molecule has 1 aromatic heterocycles. The Morgan fingerprint density at radius 3 is 2.50 bits per heavy atom. The van der Waals surface area contributed by atoms with Gasteiger partial charge in [-0.15, -0.1) is 11.3 Å². The van der Waals surface area contributed by atoms with Gasteiger partial charge in [0.2, 0.25) is 5.78 Å². The molecule has 0 aromatic carbocycles. The van der Waals surface area contributed by atoms with E-state index in [0.29, 0.717) is 4.34 Å². The van der Waals surface area contributed by atoms with Crippen LogP contribution in [-0.4, -0.2) is 11.8 Å². The zero-order valence-electron chi connectivity index (χ0n) is 7.32. The minimum absolute atomic E-state index is 0. The monoisotopic (exact) mass is 254 g/mol. The third-order valence-electron chi connectivity index (χ3n) is 1.19. The van der Waals surface area contributed by atoms with Crippen LogP contribution in [0.1, 0.15) is 4.88 Å². The van der Waals surface area contributed by atoms with Gasteiger partial charge in [-0.3, -0.25) is 4.79 Å². The van der Waals surface area contributed by atoms with Gasteiger partial charge < -0.3 is 9.90 Å². The summed E-state index contributed by atoms with van der Waals surface area (Å²) in [6, 6.07) is 3.35. The summed E-state index contributed by atoms with van der Waals surface area (Å²) in [7, 11) is 0. The molecule has 0 bridgehead atoms. The SMILES string of the molecule is O=C([O-])C(=O)/C=C/c1ccc(Cl)s1.[K+]. The Balaban J connectivity index is 0.00000169. The molecule has 68 valence electrons. The number of rotatable bonds is 3. The maximum Gasteiger partial charge on any atom is 1.00 e. The van der Waals surface area contributed by atoms with Crippen LogP contribution in [0.4, 0.5) is 0 Å². The van der Waals surface area contributed by atoms with E-state index in [1.807, 2.05) is 0 Å². The smallest absolute Gasteiger partial charge is 0.541 e. The summed E-state index contributed by atoms with van der Waals surface area (Å²) < 4.78 is 0.584. The first-order chi connectivity index (χ1) is 6.09. The predicted octanol–water partition coefficient (Wildman–Crippen LogP) is -2.26. The first-order valence-electron chi connectivity index (χ1n) is 3.28. The molecular formula is C8H4ClKO3S. The van der Waals surface area contributed by atoms with Crippen LogP contribution in [0.2, 0.25) is 4.34 Å². The molecule has 6 heteroatoms. The number of halogens is 1. The minimum atomic E-state index is -1.71. The fraction of sp³-hybridized carbons (Fsp3) is 0. The van der Waals surface area contributed by atoms with Crippen molar-refractivity contribution in [2.24, 2.45) is 0 Å². The molecule has 0 spiro atoms. The molecule has 0 aliphatic heterocycles. The van der Waals surface area contributed by atoms with E-state index in [1.165, 1.54) is 17.4 Å². The Labute approximate surface area is 132 Å². The molecule has 0 aliphatic rings. The Morgan fingerprint density at radius 2 is 2.07 bits per heavy atom. The number of hydrogen-bond acceptors (Lipinski definition) is 4. The molecular weight excluding hydrogens is 251 g/mol. The van der Waals surface area contributed by atoms with Gasteiger partial charge in [0.15, 0.2) is 0 Å². The molecule has 1 aromatic rings. The Bertz CT molecular complexity index is 372. The molecule has 14 heavy (non-hydrogen) atoms. The predicted molar refractivity (Wildman–Crippen MR) is 48.4 cm³/mol. The number of carboxylic acid groups (broad SMARTS) is 1. The summed E-state index contributed by atoms with van der Waals surface area (Å²) in [5.74, 6) is -2.76. The maximum absolute atomic E-state index is 10.5. The van der Waals surface area contributed by atoms with E-state index < -0.39 is 11.8 Å². The van der Waals surface area contributed by atoms with Crippen LogP contribution in [0.3, 0.4) is 0 Å². The molecule has 0 radical (unpaired) electrons. The van der Waals surface area contributed by atoms with Crippen LogP contribution in [0.15, 0.2) is 18.2 Å². The van der Waals surface area contributed by atoms with Gasteiger partial charge in [0.05, 0.1) is 4.34 Å². The van der Waals surface area contributed by atoms with Crippen molar-refractivity contribution < 1.29 is 66.1 Å². The van der Waals surface area contributed by atoms with Gasteiger partial charge in [-0.25, -0.2) is 0 Å². The molecule has 0 fully saturated rings. The molecule has 0 saturated carbocycles. The Kier molecular flexibility index (Phi) is 7.14. The maximum atomic E-state index is 10.5. The van der Waals surface area contributed by atoms with Crippen molar-refractivity contribution in [3.05, 3.63) is 27.4 Å². The van der Waals surface area contributed by atoms with Gasteiger partial charge in [0.25, 0.3) is 0 Å². The van der Waals surface area contributed by atoms with Crippen molar-refractivity contribution >= 4 is 40.8 Å². The summed E-state index contributed by atoms with van der Waals surface area (Å²) in [5.41, 5.74) is 0. The molecule has 1 rings (SSSR count). The standard InChI is InChI=1S/C8H5ClO3S.K/c9-7-4-2-5(13-7)1-3-6(10)8(11)12;/h1-4H,(H,11,12);/q;+1/p-1/b3-1+;. The van der Waals surface area contributed by atoms with Gasteiger partial charge >= 0.3 is 51.4 Å². The first-order valence-corrected chi connectivity index (χ1v) is 4.48. The van der Waals surface area contributed by atoms with Gasteiger partial charge in [-0.2, -0.15) is 0 Å². The average molecular weight is 255 g/mol. The minimum Gasteiger partial charge on any atom is -0.541 e. The van der Waals surface area contributed by atoms with Crippen molar-refractivity contribution in [2.75, 3.05) is 0 Å². The van der Waals surface area contributed by atoms with E-state index in [1.54, 1.807) is 12.1 Å². The largest absolute Gasteiger partial charge is 1.00 e. The molecule has 3 nitrogen and oxygen atoms in total. The van der Waals surface area contributed by atoms with Crippen LogP contribution in [0.5, 0.6) is 0 Å². The Morgan fingerprint density at radius 1 is 1.43 bits per heavy atom. The van der Waals surface area contributed by atoms with Crippen LogP contribution in [0, 0.1) is 0 Å². The fourth-order valence-electron chi connectivity index (χ4n) is 0.644. The van der Waals surface area contributed by atoms with Crippen LogP contribution in [-0.2, 0) is 9.59 Å². The van der Waals surface area contributed by atoms with E-state index in [4.69, 9.17) is 11.6 Å². The van der Waals surface area contributed by atoms with Crippen LogP contribution >= 0.6 is 22.9 Å². The van der Waals surface area contributed by atoms with Crippen molar-refractivity contribution in [1.82, 2.24) is 0 Å². The second-order valence-corrected chi connectivity index (χ2v) is 3.87. The summed E-state index contributed by atoms with van der Waals surface area (Å²) in [6.07, 6.45) is 2.33. The zero-order chi connectivity index (χ0) is 9.84. The summed E-state index contributed by atoms with van der Waals surface area (Å²) >= 11 is 6.86. The molecule has 0 N–H and O–H groups in total. The fourth-order valence-corrected chi connectivity index (χ4v) is 1.61. The van der Waals surface area contributed by atoms with Crippen LogP contribution < -0.4 is 56.5 Å². The van der Waals surface area contributed by atoms with Gasteiger partial charge in [-0.1, -0.05) is 11.6 Å². The number of hydrogen-bond donors (Lipinski definition) is 0. The topological polar surface area (TPSA) is 57.2 Å². The third kappa shape index (κ3) is 4.83. The van der Waals surface area contributed by atoms with Gasteiger partial charge in [-0.05, 0) is 24.3 Å². The van der Waals surface area contributed by atoms with E-state index >= 15 is 0 Å². The third-order valence-corrected chi connectivity index (χ3v) is 2.39. The number of carbonyl (C=O) groups excluding carboxylic acids is 2. The zero-order valence-corrected chi connectivity index (χ0v) is 12.0. The summed E-state index contributed by atoms with van der Waals surface area (Å²) in [5, 5.41) is 9.99. The van der Waals surface area contributed by atoms with Crippen molar-refractivity contribution in [3.8, 4) is 0 Å². The van der Waals surface area contributed by atoms with Crippen molar-refractivity contribution in [3.63, 3.8) is 0 Å². The number of thiophene rings is 1. The van der Waals surface area contributed by atoms with E-state index in [9.17, 15) is 14.7 Å². The normalized spacial score (nSPS) is 9.79. The second-order valence-electron chi connectivity index (χ2n) is 2.13. The quantitative estimate of drug-likeness (QED) is 0.348. The van der Waals surface area contributed by atoms with Crippen molar-refractivity contribution in [1.29, 1.82) is 0 Å². The first kappa shape index (κ1) is 14.5. The van der Waals surface area contributed by atoms with Crippen LogP contribution in [0.25, 0.3) is 6.08 Å². The number of aliphatic carboxylic acids is 1. The number of ketones is 1. The van der Waals surface area contributed by atoms with E-state index in [-0.39, 0.29) is 51.4 Å².